The molecule has 0 saturated carbocycles. The van der Waals surface area contributed by atoms with Crippen molar-refractivity contribution in [3.8, 4) is 11.1 Å². The lowest BCUT2D eigenvalue weighted by Crippen LogP contribution is -2.49. The van der Waals surface area contributed by atoms with E-state index in [1.54, 1.807) is 14.1 Å². The van der Waals surface area contributed by atoms with Crippen molar-refractivity contribution < 1.29 is 29.3 Å². The van der Waals surface area contributed by atoms with Gasteiger partial charge in [0.05, 0.1) is 18.6 Å². The summed E-state index contributed by atoms with van der Waals surface area (Å²) in [4.78, 5) is 40.2. The van der Waals surface area contributed by atoms with Crippen LogP contribution >= 0.6 is 0 Å². The Balaban J connectivity index is 1.42. The number of nitrogens with zero attached hydrogens (tertiary/aromatic N) is 2. The van der Waals surface area contributed by atoms with Crippen molar-refractivity contribution in [2.75, 3.05) is 33.8 Å². The Hall–Kier alpha value is -3.43. The van der Waals surface area contributed by atoms with Crippen LogP contribution in [0, 0.1) is 0 Å². The zero-order valence-electron chi connectivity index (χ0n) is 19.2. The van der Waals surface area contributed by atoms with Crippen molar-refractivity contribution in [3.05, 3.63) is 59.7 Å². The van der Waals surface area contributed by atoms with Crippen molar-refractivity contribution in [2.45, 2.75) is 30.5 Å². The van der Waals surface area contributed by atoms with Crippen LogP contribution in [0.25, 0.3) is 11.1 Å². The third kappa shape index (κ3) is 4.76. The van der Waals surface area contributed by atoms with Gasteiger partial charge in [-0.05, 0) is 36.3 Å². The fourth-order valence-corrected chi connectivity index (χ4v) is 4.83. The summed E-state index contributed by atoms with van der Waals surface area (Å²) in [5, 5.41) is 21.9. The van der Waals surface area contributed by atoms with Crippen molar-refractivity contribution in [3.63, 3.8) is 0 Å². The van der Waals surface area contributed by atoms with E-state index in [2.05, 4.69) is 5.32 Å². The van der Waals surface area contributed by atoms with Gasteiger partial charge >= 0.3 is 12.1 Å². The number of benzene rings is 2. The van der Waals surface area contributed by atoms with Gasteiger partial charge in [0.15, 0.2) is 0 Å². The second-order valence-corrected chi connectivity index (χ2v) is 8.96. The first kappa shape index (κ1) is 23.7. The number of carboxylic acids is 1. The van der Waals surface area contributed by atoms with Crippen LogP contribution in [0.3, 0.4) is 0 Å². The first-order valence-electron chi connectivity index (χ1n) is 11.2. The molecule has 0 bridgehead atoms. The predicted octanol–water partition coefficient (Wildman–Crippen LogP) is 1.50. The molecule has 1 aliphatic carbocycles. The van der Waals surface area contributed by atoms with Gasteiger partial charge in [-0.2, -0.15) is 0 Å². The molecule has 1 aliphatic heterocycles. The number of likely N-dealkylation sites (N-methyl/N-ethyl adjacent to an activating group) is 1. The molecule has 1 unspecified atom stereocenters. The molecule has 9 heteroatoms. The molecule has 3 N–H and O–H groups in total. The van der Waals surface area contributed by atoms with Gasteiger partial charge in [-0.25, -0.2) is 4.79 Å². The normalized spacial score (nSPS) is 20.1. The molecule has 1 heterocycles. The van der Waals surface area contributed by atoms with Crippen LogP contribution in [-0.2, 0) is 14.3 Å². The van der Waals surface area contributed by atoms with E-state index in [4.69, 9.17) is 4.74 Å². The highest BCUT2D eigenvalue weighted by molar-refractivity contribution is 5.89. The van der Waals surface area contributed by atoms with Gasteiger partial charge in [0, 0.05) is 19.0 Å². The summed E-state index contributed by atoms with van der Waals surface area (Å²) >= 11 is 0. The Kier molecular flexibility index (Phi) is 6.85. The number of fused-ring (bicyclic) bond motifs is 3. The lowest BCUT2D eigenvalue weighted by atomic mass is 9.98. The monoisotopic (exact) mass is 467 g/mol. The SMILES string of the molecule is CN(C)[C@@H]1CN(C(=O)C(CC(=O)O)NC(=O)OCC2c3ccccc3-c3ccccc32)C[C@H]1O. The zero-order valence-corrected chi connectivity index (χ0v) is 19.2. The molecular weight excluding hydrogens is 438 g/mol. The predicted molar refractivity (Wildman–Crippen MR) is 124 cm³/mol. The summed E-state index contributed by atoms with van der Waals surface area (Å²) in [5.74, 6) is -1.93. The average Bonchev–Trinajstić information content (AvgIpc) is 3.35. The standard InChI is InChI=1S/C25H29N3O6/c1-27(2)21-12-28(13-22(21)29)24(32)20(11-23(30)31)26-25(33)34-14-19-17-9-5-3-7-15(17)16-8-4-6-10-18(16)19/h3-10,19-22,29H,11-14H2,1-2H3,(H,26,33)(H,30,31)/t20?,21-,22-/m1/s1. The molecule has 180 valence electrons. The fraction of sp³-hybridized carbons (Fsp3) is 0.400. The molecule has 2 aliphatic rings. The number of nitrogens with one attached hydrogen (secondary N) is 1. The third-order valence-corrected chi connectivity index (χ3v) is 6.55. The van der Waals surface area contributed by atoms with E-state index in [0.717, 1.165) is 22.3 Å². The molecule has 34 heavy (non-hydrogen) atoms. The maximum Gasteiger partial charge on any atom is 0.407 e. The molecule has 3 atom stereocenters. The number of carbonyl (C=O) groups excluding carboxylic acids is 2. The lowest BCUT2D eigenvalue weighted by Gasteiger charge is -2.24. The van der Waals surface area contributed by atoms with Crippen LogP contribution < -0.4 is 5.32 Å². The molecule has 1 saturated heterocycles. The summed E-state index contributed by atoms with van der Waals surface area (Å²) in [6.45, 7) is 0.374. The largest absolute Gasteiger partial charge is 0.481 e. The minimum Gasteiger partial charge on any atom is -0.481 e. The Bertz CT molecular complexity index is 1040. The van der Waals surface area contributed by atoms with Gasteiger partial charge < -0.3 is 30.1 Å². The molecule has 2 aromatic rings. The van der Waals surface area contributed by atoms with Crippen LogP contribution in [0.5, 0.6) is 0 Å². The van der Waals surface area contributed by atoms with Gasteiger partial charge in [-0.15, -0.1) is 0 Å². The van der Waals surface area contributed by atoms with Crippen molar-refractivity contribution in [1.29, 1.82) is 0 Å². The molecule has 0 aromatic heterocycles. The smallest absolute Gasteiger partial charge is 0.407 e. The molecule has 0 spiro atoms. The van der Waals surface area contributed by atoms with Gasteiger partial charge in [0.2, 0.25) is 5.91 Å². The maximum absolute atomic E-state index is 13.0. The fourth-order valence-electron chi connectivity index (χ4n) is 4.83. The first-order chi connectivity index (χ1) is 16.3. The molecule has 1 fully saturated rings. The number of likely N-dealkylation sites (tertiary alicyclic amines) is 1. The Morgan fingerprint density at radius 1 is 1.06 bits per heavy atom. The van der Waals surface area contributed by atoms with Gasteiger partial charge in [-0.1, -0.05) is 48.5 Å². The number of carboxylic acid groups (broad SMARTS) is 1. The third-order valence-electron chi connectivity index (χ3n) is 6.55. The Morgan fingerprint density at radius 2 is 1.65 bits per heavy atom. The maximum atomic E-state index is 13.0. The molecule has 9 nitrogen and oxygen atoms in total. The second kappa shape index (κ2) is 9.82. The number of β-amino-alcohol motifs (C(OH)–C–C–N with tert-alkyl or cyclic N) is 1. The van der Waals surface area contributed by atoms with Crippen molar-refractivity contribution in [1.82, 2.24) is 15.1 Å². The number of hydrogen-bond donors (Lipinski definition) is 3. The topological polar surface area (TPSA) is 119 Å². The van der Waals surface area contributed by atoms with Crippen LogP contribution in [0.4, 0.5) is 4.79 Å². The van der Waals surface area contributed by atoms with Crippen LogP contribution in [-0.4, -0.2) is 90.0 Å². The molecule has 2 amide bonds. The summed E-state index contributed by atoms with van der Waals surface area (Å²) in [5.41, 5.74) is 4.29. The Morgan fingerprint density at radius 3 is 2.18 bits per heavy atom. The second-order valence-electron chi connectivity index (χ2n) is 8.96. The van der Waals surface area contributed by atoms with Gasteiger partial charge in [0.1, 0.15) is 12.6 Å². The minimum atomic E-state index is -1.29. The molecule has 2 aromatic carbocycles. The van der Waals surface area contributed by atoms with Crippen LogP contribution in [0.2, 0.25) is 0 Å². The number of carbonyl (C=O) groups is 3. The summed E-state index contributed by atoms with van der Waals surface area (Å²) in [7, 11) is 3.59. The summed E-state index contributed by atoms with van der Waals surface area (Å²) in [6, 6.07) is 14.3. The van der Waals surface area contributed by atoms with Crippen molar-refractivity contribution >= 4 is 18.0 Å². The van der Waals surface area contributed by atoms with E-state index in [1.807, 2.05) is 53.4 Å². The molecular formula is C25H29N3O6. The number of aliphatic carboxylic acids is 1. The minimum absolute atomic E-state index is 0.0545. The summed E-state index contributed by atoms with van der Waals surface area (Å²) < 4.78 is 5.47. The quantitative estimate of drug-likeness (QED) is 0.565. The number of ether oxygens (including phenoxy) is 1. The number of aliphatic hydroxyl groups excluding tert-OH is 1. The van der Waals surface area contributed by atoms with Crippen molar-refractivity contribution in [2.24, 2.45) is 0 Å². The zero-order chi connectivity index (χ0) is 24.4. The molecule has 0 radical (unpaired) electrons. The molecule has 4 rings (SSSR count). The Labute approximate surface area is 197 Å². The average molecular weight is 468 g/mol. The van der Waals surface area contributed by atoms with Gasteiger partial charge in [0.25, 0.3) is 0 Å². The van der Waals surface area contributed by atoms with Crippen LogP contribution in [0.1, 0.15) is 23.5 Å². The number of hydrogen-bond acceptors (Lipinski definition) is 6. The first-order valence-corrected chi connectivity index (χ1v) is 11.2. The van der Waals surface area contributed by atoms with Gasteiger partial charge in [-0.3, -0.25) is 9.59 Å². The highest BCUT2D eigenvalue weighted by atomic mass is 16.5. The number of amides is 2. The van der Waals surface area contributed by atoms with E-state index < -0.39 is 36.5 Å². The number of aliphatic hydroxyl groups is 1. The van der Waals surface area contributed by atoms with Crippen LogP contribution in [0.15, 0.2) is 48.5 Å². The highest BCUT2D eigenvalue weighted by Gasteiger charge is 2.39. The number of rotatable bonds is 7. The van der Waals surface area contributed by atoms with E-state index in [1.165, 1.54) is 4.90 Å². The lowest BCUT2D eigenvalue weighted by molar-refractivity contribution is -0.142. The van der Waals surface area contributed by atoms with E-state index in [-0.39, 0.29) is 31.7 Å². The summed E-state index contributed by atoms with van der Waals surface area (Å²) in [6.07, 6.45) is -2.19. The van der Waals surface area contributed by atoms with E-state index in [9.17, 15) is 24.6 Å². The number of alkyl carbamates (subject to hydrolysis) is 1. The van der Waals surface area contributed by atoms with E-state index >= 15 is 0 Å². The highest BCUT2D eigenvalue weighted by Crippen LogP contribution is 2.44. The van der Waals surface area contributed by atoms with E-state index in [0.29, 0.717) is 0 Å².